The van der Waals surface area contributed by atoms with E-state index in [0.29, 0.717) is 16.6 Å². The van der Waals surface area contributed by atoms with Crippen LogP contribution in [-0.4, -0.2) is 29.0 Å². The first-order chi connectivity index (χ1) is 13.9. The van der Waals surface area contributed by atoms with Gasteiger partial charge in [0, 0.05) is 12.5 Å². The SMILES string of the molecule is O=C(NCc1ccc(COCC(F)(F)F)cc1)Nc1nnc(C2CCCCC2)s1. The lowest BCUT2D eigenvalue weighted by atomic mass is 9.90. The minimum Gasteiger partial charge on any atom is -0.367 e. The van der Waals surface area contributed by atoms with Crippen LogP contribution in [0.5, 0.6) is 0 Å². The van der Waals surface area contributed by atoms with Gasteiger partial charge in [0.05, 0.1) is 6.61 Å². The highest BCUT2D eigenvalue weighted by atomic mass is 32.1. The molecule has 3 rings (SSSR count). The van der Waals surface area contributed by atoms with Crippen LogP contribution in [0.15, 0.2) is 24.3 Å². The number of hydrogen-bond donors (Lipinski definition) is 2. The van der Waals surface area contributed by atoms with E-state index >= 15 is 0 Å². The third-order valence-electron chi connectivity index (χ3n) is 4.63. The number of ether oxygens (including phenoxy) is 1. The van der Waals surface area contributed by atoms with Crippen molar-refractivity contribution < 1.29 is 22.7 Å². The number of amides is 2. The molecule has 0 bridgehead atoms. The van der Waals surface area contributed by atoms with Crippen molar-refractivity contribution in [3.63, 3.8) is 0 Å². The van der Waals surface area contributed by atoms with Crippen molar-refractivity contribution in [2.24, 2.45) is 0 Å². The lowest BCUT2D eigenvalue weighted by Gasteiger charge is -2.18. The number of benzene rings is 1. The molecule has 0 spiro atoms. The first-order valence-corrected chi connectivity index (χ1v) is 10.3. The average molecular weight is 428 g/mol. The zero-order chi connectivity index (χ0) is 20.7. The van der Waals surface area contributed by atoms with Gasteiger partial charge in [-0.25, -0.2) is 4.79 Å². The van der Waals surface area contributed by atoms with Gasteiger partial charge in [-0.3, -0.25) is 5.32 Å². The number of rotatable bonds is 7. The first-order valence-electron chi connectivity index (χ1n) is 9.49. The summed E-state index contributed by atoms with van der Waals surface area (Å²) in [7, 11) is 0. The Balaban J connectivity index is 1.40. The number of carbonyl (C=O) groups excluding carboxylic acids is 1. The van der Waals surface area contributed by atoms with Crippen molar-refractivity contribution in [3.8, 4) is 0 Å². The highest BCUT2D eigenvalue weighted by Gasteiger charge is 2.27. The molecule has 6 nitrogen and oxygen atoms in total. The molecule has 1 aromatic heterocycles. The quantitative estimate of drug-likeness (QED) is 0.652. The molecule has 29 heavy (non-hydrogen) atoms. The molecule has 0 atom stereocenters. The Morgan fingerprint density at radius 2 is 1.79 bits per heavy atom. The normalized spacial score (nSPS) is 15.3. The van der Waals surface area contributed by atoms with E-state index in [1.54, 1.807) is 24.3 Å². The van der Waals surface area contributed by atoms with Gasteiger partial charge in [0.25, 0.3) is 0 Å². The van der Waals surface area contributed by atoms with E-state index in [0.717, 1.165) is 23.4 Å². The van der Waals surface area contributed by atoms with E-state index < -0.39 is 12.8 Å². The van der Waals surface area contributed by atoms with Crippen LogP contribution >= 0.6 is 11.3 Å². The van der Waals surface area contributed by atoms with Gasteiger partial charge in [-0.2, -0.15) is 13.2 Å². The van der Waals surface area contributed by atoms with E-state index in [4.69, 9.17) is 0 Å². The molecule has 0 unspecified atom stereocenters. The van der Waals surface area contributed by atoms with Crippen LogP contribution < -0.4 is 10.6 Å². The molecule has 1 heterocycles. The number of carbonyl (C=O) groups is 1. The number of halogens is 3. The van der Waals surface area contributed by atoms with Gasteiger partial charge in [-0.05, 0) is 24.0 Å². The van der Waals surface area contributed by atoms with Crippen LogP contribution in [0.1, 0.15) is 54.2 Å². The molecule has 1 fully saturated rings. The maximum Gasteiger partial charge on any atom is 0.411 e. The largest absolute Gasteiger partial charge is 0.411 e. The van der Waals surface area contributed by atoms with Crippen molar-refractivity contribution in [3.05, 3.63) is 40.4 Å². The second kappa shape index (κ2) is 10.0. The summed E-state index contributed by atoms with van der Waals surface area (Å²) in [5.41, 5.74) is 1.45. The summed E-state index contributed by atoms with van der Waals surface area (Å²) in [6, 6.07) is 6.44. The highest BCUT2D eigenvalue weighted by molar-refractivity contribution is 7.15. The second-order valence-corrected chi connectivity index (χ2v) is 8.02. The molecule has 2 amide bonds. The molecule has 1 aromatic carbocycles. The van der Waals surface area contributed by atoms with Crippen LogP contribution in [0.3, 0.4) is 0 Å². The summed E-state index contributed by atoms with van der Waals surface area (Å²) in [5, 5.41) is 15.1. The van der Waals surface area contributed by atoms with Gasteiger partial charge in [-0.1, -0.05) is 54.9 Å². The molecule has 2 N–H and O–H groups in total. The Kier molecular flexibility index (Phi) is 7.43. The molecular weight excluding hydrogens is 405 g/mol. The fraction of sp³-hybridized carbons (Fsp3) is 0.526. The van der Waals surface area contributed by atoms with Gasteiger partial charge < -0.3 is 10.1 Å². The number of nitrogens with one attached hydrogen (secondary N) is 2. The van der Waals surface area contributed by atoms with Crippen molar-refractivity contribution in [1.29, 1.82) is 0 Å². The van der Waals surface area contributed by atoms with Gasteiger partial charge in [-0.15, -0.1) is 10.2 Å². The predicted molar refractivity (Wildman–Crippen MR) is 104 cm³/mol. The van der Waals surface area contributed by atoms with Crippen molar-refractivity contribution in [2.45, 2.75) is 57.3 Å². The lowest BCUT2D eigenvalue weighted by molar-refractivity contribution is -0.176. The Bertz CT molecular complexity index is 789. The number of anilines is 1. The summed E-state index contributed by atoms with van der Waals surface area (Å²) in [6.45, 7) is -1.11. The predicted octanol–water partition coefficient (Wildman–Crippen LogP) is 4.99. The van der Waals surface area contributed by atoms with E-state index in [-0.39, 0.29) is 19.2 Å². The zero-order valence-electron chi connectivity index (χ0n) is 15.8. The Morgan fingerprint density at radius 3 is 2.48 bits per heavy atom. The maximum absolute atomic E-state index is 12.1. The van der Waals surface area contributed by atoms with Crippen LogP contribution in [0.4, 0.5) is 23.1 Å². The fourth-order valence-electron chi connectivity index (χ4n) is 3.16. The van der Waals surface area contributed by atoms with Crippen molar-refractivity contribution >= 4 is 22.5 Å². The third-order valence-corrected chi connectivity index (χ3v) is 5.63. The van der Waals surface area contributed by atoms with E-state index in [2.05, 4.69) is 25.6 Å². The summed E-state index contributed by atoms with van der Waals surface area (Å²) >= 11 is 1.41. The average Bonchev–Trinajstić information content (AvgIpc) is 3.15. The van der Waals surface area contributed by atoms with Gasteiger partial charge in [0.15, 0.2) is 0 Å². The van der Waals surface area contributed by atoms with E-state index in [1.807, 2.05) is 0 Å². The standard InChI is InChI=1S/C19H23F3N4O2S/c20-19(21,22)12-28-11-14-8-6-13(7-9-14)10-23-17(27)24-18-26-25-16(29-18)15-4-2-1-3-5-15/h6-9,15H,1-5,10-12H2,(H2,23,24,26,27). The molecule has 1 saturated carbocycles. The lowest BCUT2D eigenvalue weighted by Crippen LogP contribution is -2.28. The Morgan fingerprint density at radius 1 is 1.10 bits per heavy atom. The molecule has 2 aromatic rings. The minimum atomic E-state index is -4.33. The van der Waals surface area contributed by atoms with Crippen LogP contribution in [-0.2, 0) is 17.9 Å². The molecule has 0 saturated heterocycles. The molecule has 1 aliphatic rings. The number of hydrogen-bond acceptors (Lipinski definition) is 5. The fourth-order valence-corrected chi connectivity index (χ4v) is 4.07. The molecule has 158 valence electrons. The third kappa shape index (κ3) is 7.28. The Labute approximate surface area is 170 Å². The van der Waals surface area contributed by atoms with Crippen molar-refractivity contribution in [1.82, 2.24) is 15.5 Å². The molecule has 1 aliphatic carbocycles. The number of nitrogens with zero attached hydrogens (tertiary/aromatic N) is 2. The summed E-state index contributed by atoms with van der Waals surface area (Å²) in [6.07, 6.45) is 1.60. The van der Waals surface area contributed by atoms with Crippen molar-refractivity contribution in [2.75, 3.05) is 11.9 Å². The first kappa shape index (κ1) is 21.5. The summed E-state index contributed by atoms with van der Waals surface area (Å²) in [5.74, 6) is 0.443. The second-order valence-electron chi connectivity index (χ2n) is 7.01. The minimum absolute atomic E-state index is 0.117. The Hall–Kier alpha value is -2.20. The van der Waals surface area contributed by atoms with E-state index in [1.165, 1.54) is 30.6 Å². The zero-order valence-corrected chi connectivity index (χ0v) is 16.6. The van der Waals surface area contributed by atoms with Crippen LogP contribution in [0.25, 0.3) is 0 Å². The smallest absolute Gasteiger partial charge is 0.367 e. The van der Waals surface area contributed by atoms with Crippen LogP contribution in [0.2, 0.25) is 0 Å². The number of alkyl halides is 3. The summed E-state index contributed by atoms with van der Waals surface area (Å²) in [4.78, 5) is 12.1. The molecule has 10 heteroatoms. The highest BCUT2D eigenvalue weighted by Crippen LogP contribution is 2.35. The molecular formula is C19H23F3N4O2S. The van der Waals surface area contributed by atoms with Crippen LogP contribution in [0, 0.1) is 0 Å². The maximum atomic E-state index is 12.1. The van der Waals surface area contributed by atoms with Gasteiger partial charge >= 0.3 is 12.2 Å². The molecule has 0 radical (unpaired) electrons. The topological polar surface area (TPSA) is 76.1 Å². The van der Waals surface area contributed by atoms with Gasteiger partial charge in [0.1, 0.15) is 11.6 Å². The monoisotopic (exact) mass is 428 g/mol. The number of urea groups is 1. The van der Waals surface area contributed by atoms with Gasteiger partial charge in [0.2, 0.25) is 5.13 Å². The van der Waals surface area contributed by atoms with E-state index in [9.17, 15) is 18.0 Å². The number of aromatic nitrogens is 2. The molecule has 0 aliphatic heterocycles. The summed E-state index contributed by atoms with van der Waals surface area (Å²) < 4.78 is 40.8.